The van der Waals surface area contributed by atoms with E-state index in [-0.39, 0.29) is 11.9 Å². The van der Waals surface area contributed by atoms with Crippen molar-refractivity contribution >= 4 is 5.91 Å². The van der Waals surface area contributed by atoms with Crippen molar-refractivity contribution in [1.29, 1.82) is 0 Å². The number of amides is 1. The highest BCUT2D eigenvalue weighted by Crippen LogP contribution is 1.96. The summed E-state index contributed by atoms with van der Waals surface area (Å²) >= 11 is 0. The Kier molecular flexibility index (Phi) is 7.10. The smallest absolute Gasteiger partial charge is 0.236 e. The Hall–Kier alpha value is -1.43. The van der Waals surface area contributed by atoms with E-state index >= 15 is 0 Å². The molecule has 2 N–H and O–H groups in total. The standard InChI is InChI=1S/C13H25N5O/c1-4-6-7-8-14-13(19)11(3)15-9-12-17-16-10-18(12)5-2/h10-11,15H,4-9H2,1-3H3,(H,14,19). The predicted octanol–water partition coefficient (Wildman–Crippen LogP) is 1.08. The van der Waals surface area contributed by atoms with E-state index in [4.69, 9.17) is 0 Å². The maximum absolute atomic E-state index is 11.8. The highest BCUT2D eigenvalue weighted by Gasteiger charge is 2.12. The average Bonchev–Trinajstić information content (AvgIpc) is 2.88. The third kappa shape index (κ3) is 5.38. The van der Waals surface area contributed by atoms with Crippen molar-refractivity contribution in [2.24, 2.45) is 0 Å². The summed E-state index contributed by atoms with van der Waals surface area (Å²) in [6.07, 6.45) is 5.06. The molecule has 1 amide bonds. The van der Waals surface area contributed by atoms with E-state index in [1.165, 1.54) is 0 Å². The lowest BCUT2D eigenvalue weighted by Gasteiger charge is -2.13. The Morgan fingerprint density at radius 2 is 2.21 bits per heavy atom. The zero-order chi connectivity index (χ0) is 14.1. The second-order valence-electron chi connectivity index (χ2n) is 4.63. The molecule has 0 aliphatic carbocycles. The van der Waals surface area contributed by atoms with E-state index in [2.05, 4.69) is 27.8 Å². The predicted molar refractivity (Wildman–Crippen MR) is 74.5 cm³/mol. The Morgan fingerprint density at radius 1 is 1.42 bits per heavy atom. The van der Waals surface area contributed by atoms with Gasteiger partial charge in [0, 0.05) is 13.1 Å². The van der Waals surface area contributed by atoms with Gasteiger partial charge >= 0.3 is 0 Å². The molecule has 0 aromatic carbocycles. The maximum Gasteiger partial charge on any atom is 0.236 e. The summed E-state index contributed by atoms with van der Waals surface area (Å²) in [4.78, 5) is 11.8. The molecule has 0 aliphatic rings. The Bertz CT molecular complexity index is 377. The van der Waals surface area contributed by atoms with E-state index in [0.29, 0.717) is 6.54 Å². The Balaban J connectivity index is 2.26. The highest BCUT2D eigenvalue weighted by atomic mass is 16.2. The van der Waals surface area contributed by atoms with E-state index in [1.807, 2.05) is 18.4 Å². The molecule has 0 radical (unpaired) electrons. The molecule has 0 aliphatic heterocycles. The summed E-state index contributed by atoms with van der Waals surface area (Å²) in [5.74, 6) is 0.895. The lowest BCUT2D eigenvalue weighted by atomic mass is 10.2. The van der Waals surface area contributed by atoms with Crippen LogP contribution < -0.4 is 10.6 Å². The summed E-state index contributed by atoms with van der Waals surface area (Å²) in [7, 11) is 0. The summed E-state index contributed by atoms with van der Waals surface area (Å²) in [5.41, 5.74) is 0. The molecular formula is C13H25N5O. The number of aromatic nitrogens is 3. The van der Waals surface area contributed by atoms with Crippen molar-refractivity contribution in [3.8, 4) is 0 Å². The third-order valence-corrected chi connectivity index (χ3v) is 3.08. The Morgan fingerprint density at radius 3 is 2.89 bits per heavy atom. The number of nitrogens with one attached hydrogen (secondary N) is 2. The van der Waals surface area contributed by atoms with Crippen LogP contribution in [-0.4, -0.2) is 33.3 Å². The number of carbonyl (C=O) groups is 1. The molecule has 1 aromatic rings. The van der Waals surface area contributed by atoms with Crippen LogP contribution >= 0.6 is 0 Å². The van der Waals surface area contributed by atoms with Crippen LogP contribution in [0.4, 0.5) is 0 Å². The summed E-state index contributed by atoms with van der Waals surface area (Å²) < 4.78 is 1.96. The van der Waals surface area contributed by atoms with Crippen molar-refractivity contribution < 1.29 is 4.79 Å². The first-order chi connectivity index (χ1) is 9.19. The first-order valence-corrected chi connectivity index (χ1v) is 7.06. The van der Waals surface area contributed by atoms with E-state index in [1.54, 1.807) is 6.33 Å². The molecule has 1 rings (SSSR count). The van der Waals surface area contributed by atoms with Gasteiger partial charge in [-0.3, -0.25) is 10.1 Å². The van der Waals surface area contributed by atoms with Gasteiger partial charge < -0.3 is 9.88 Å². The van der Waals surface area contributed by atoms with Crippen LogP contribution in [0.15, 0.2) is 6.33 Å². The van der Waals surface area contributed by atoms with Gasteiger partial charge in [-0.1, -0.05) is 19.8 Å². The normalized spacial score (nSPS) is 12.4. The molecule has 6 heteroatoms. The maximum atomic E-state index is 11.8. The summed E-state index contributed by atoms with van der Waals surface area (Å²) in [5, 5.41) is 14.0. The molecule has 0 saturated carbocycles. The molecule has 1 aromatic heterocycles. The van der Waals surface area contributed by atoms with Gasteiger partial charge in [-0.15, -0.1) is 10.2 Å². The number of unbranched alkanes of at least 4 members (excludes halogenated alkanes) is 2. The van der Waals surface area contributed by atoms with Gasteiger partial charge in [0.25, 0.3) is 0 Å². The van der Waals surface area contributed by atoms with E-state index in [0.717, 1.165) is 38.2 Å². The SMILES string of the molecule is CCCCCNC(=O)C(C)NCc1nncn1CC. The second kappa shape index (κ2) is 8.63. The van der Waals surface area contributed by atoms with Crippen LogP contribution in [0, 0.1) is 0 Å². The molecule has 108 valence electrons. The first kappa shape index (κ1) is 15.6. The molecule has 0 saturated heterocycles. The number of nitrogens with zero attached hydrogens (tertiary/aromatic N) is 3. The molecule has 1 unspecified atom stereocenters. The van der Waals surface area contributed by atoms with Gasteiger partial charge in [-0.2, -0.15) is 0 Å². The van der Waals surface area contributed by atoms with Gasteiger partial charge in [-0.05, 0) is 20.3 Å². The van der Waals surface area contributed by atoms with Crippen LogP contribution in [0.3, 0.4) is 0 Å². The van der Waals surface area contributed by atoms with Gasteiger partial charge in [0.2, 0.25) is 5.91 Å². The van der Waals surface area contributed by atoms with Crippen molar-refractivity contribution in [2.75, 3.05) is 6.54 Å². The zero-order valence-electron chi connectivity index (χ0n) is 12.1. The molecule has 0 bridgehead atoms. The average molecular weight is 267 g/mol. The molecule has 19 heavy (non-hydrogen) atoms. The van der Waals surface area contributed by atoms with Crippen molar-refractivity contribution in [3.05, 3.63) is 12.2 Å². The van der Waals surface area contributed by atoms with Crippen LogP contribution in [0.5, 0.6) is 0 Å². The van der Waals surface area contributed by atoms with Crippen molar-refractivity contribution in [2.45, 2.75) is 59.2 Å². The molecular weight excluding hydrogens is 242 g/mol. The molecule has 0 fully saturated rings. The number of hydrogen-bond acceptors (Lipinski definition) is 4. The largest absolute Gasteiger partial charge is 0.355 e. The molecule has 1 atom stereocenters. The van der Waals surface area contributed by atoms with Gasteiger partial charge in [0.05, 0.1) is 12.6 Å². The molecule has 6 nitrogen and oxygen atoms in total. The minimum Gasteiger partial charge on any atom is -0.355 e. The number of aryl methyl sites for hydroxylation is 1. The molecule has 1 heterocycles. The fourth-order valence-electron chi connectivity index (χ4n) is 1.76. The first-order valence-electron chi connectivity index (χ1n) is 7.06. The minimum absolute atomic E-state index is 0.0404. The number of hydrogen-bond donors (Lipinski definition) is 2. The van der Waals surface area contributed by atoms with Crippen molar-refractivity contribution in [1.82, 2.24) is 25.4 Å². The summed E-state index contributed by atoms with van der Waals surface area (Å²) in [6.45, 7) is 8.19. The summed E-state index contributed by atoms with van der Waals surface area (Å²) in [6, 6.07) is -0.219. The minimum atomic E-state index is -0.219. The van der Waals surface area contributed by atoms with Crippen LogP contribution in [0.1, 0.15) is 45.9 Å². The number of carbonyl (C=O) groups excluding carboxylic acids is 1. The lowest BCUT2D eigenvalue weighted by molar-refractivity contribution is -0.122. The molecule has 0 spiro atoms. The van der Waals surface area contributed by atoms with E-state index < -0.39 is 0 Å². The third-order valence-electron chi connectivity index (χ3n) is 3.08. The van der Waals surface area contributed by atoms with E-state index in [9.17, 15) is 4.79 Å². The van der Waals surface area contributed by atoms with Crippen molar-refractivity contribution in [3.63, 3.8) is 0 Å². The van der Waals surface area contributed by atoms with Gasteiger partial charge in [0.15, 0.2) is 0 Å². The van der Waals surface area contributed by atoms with Gasteiger partial charge in [-0.25, -0.2) is 0 Å². The fourth-order valence-corrected chi connectivity index (χ4v) is 1.76. The van der Waals surface area contributed by atoms with Crippen LogP contribution in [-0.2, 0) is 17.9 Å². The Labute approximate surface area is 115 Å². The van der Waals surface area contributed by atoms with Gasteiger partial charge in [0.1, 0.15) is 12.2 Å². The quantitative estimate of drug-likeness (QED) is 0.657. The van der Waals surface area contributed by atoms with Crippen LogP contribution in [0.25, 0.3) is 0 Å². The van der Waals surface area contributed by atoms with Crippen LogP contribution in [0.2, 0.25) is 0 Å². The second-order valence-corrected chi connectivity index (χ2v) is 4.63. The fraction of sp³-hybridized carbons (Fsp3) is 0.769. The number of rotatable bonds is 9. The zero-order valence-corrected chi connectivity index (χ0v) is 12.1. The lowest BCUT2D eigenvalue weighted by Crippen LogP contribution is -2.42. The monoisotopic (exact) mass is 267 g/mol. The topological polar surface area (TPSA) is 71.8 Å². The highest BCUT2D eigenvalue weighted by molar-refractivity contribution is 5.81.